The van der Waals surface area contributed by atoms with Crippen molar-refractivity contribution in [3.63, 3.8) is 0 Å². The Labute approximate surface area is 374 Å². The molecule has 0 aliphatic rings. The zero-order valence-electron chi connectivity index (χ0n) is 38.2. The maximum Gasteiger partial charge on any atom is 0.326 e. The first-order valence-electron chi connectivity index (χ1n) is 21.7. The fraction of sp³-hybridized carbons (Fsp3) is 0.756. The quantitative estimate of drug-likeness (QED) is 0.0326. The summed E-state index contributed by atoms with van der Waals surface area (Å²) in [4.78, 5) is 129. The van der Waals surface area contributed by atoms with Crippen molar-refractivity contribution >= 4 is 59.3 Å². The first-order chi connectivity index (χ1) is 29.8. The fourth-order valence-electron chi connectivity index (χ4n) is 6.29. The Hall–Kier alpha value is -5.42. The van der Waals surface area contributed by atoms with Gasteiger partial charge in [0.25, 0.3) is 0 Å². The van der Waals surface area contributed by atoms with Gasteiger partial charge in [0.1, 0.15) is 42.3 Å². The van der Waals surface area contributed by atoms with Gasteiger partial charge < -0.3 is 69.1 Å². The number of hydrogen-bond acceptors (Lipinski definition) is 13. The number of hydrogen-bond donors (Lipinski definition) is 13. The molecule has 0 saturated carbocycles. The van der Waals surface area contributed by atoms with E-state index in [1.165, 1.54) is 6.92 Å². The lowest BCUT2D eigenvalue weighted by Crippen LogP contribution is -2.62. The van der Waals surface area contributed by atoms with Crippen LogP contribution < -0.4 is 48.7 Å². The SMILES string of the molecule is CC[C@H](C)[C@H](NC(=O)[C@H](CC(=O)O)NC(=O)[C@H](CC(=O)O)NC(=O)[C@H](CC(C)C)NC(=O)[C@@H](NC(=O)[C@H](CO)NC(=O)[C@H](CCCCN)NC(=O)[C@@H](N)CC(C)C)[C@@H](C)CC)C(=O)O. The van der Waals surface area contributed by atoms with Crippen LogP contribution in [0.5, 0.6) is 0 Å². The summed E-state index contributed by atoms with van der Waals surface area (Å²) in [6, 6.07) is -11.8. The minimum absolute atomic E-state index is 0.0796. The van der Waals surface area contributed by atoms with Crippen molar-refractivity contribution in [2.75, 3.05) is 13.2 Å². The highest BCUT2D eigenvalue weighted by Gasteiger charge is 2.37. The number of aliphatic hydroxyl groups is 1. The van der Waals surface area contributed by atoms with Gasteiger partial charge in [0.2, 0.25) is 41.4 Å². The molecule has 366 valence electrons. The van der Waals surface area contributed by atoms with Gasteiger partial charge in [0, 0.05) is 0 Å². The highest BCUT2D eigenvalue weighted by Crippen LogP contribution is 2.13. The summed E-state index contributed by atoms with van der Waals surface area (Å²) in [5.74, 6) is -12.8. The molecule has 0 aromatic carbocycles. The normalized spacial score (nSPS) is 16.0. The Balaban J connectivity index is 6.42. The van der Waals surface area contributed by atoms with Gasteiger partial charge in [0.05, 0.1) is 25.5 Å². The van der Waals surface area contributed by atoms with E-state index >= 15 is 0 Å². The van der Waals surface area contributed by atoms with Crippen LogP contribution in [0, 0.1) is 23.7 Å². The molecule has 0 fully saturated rings. The maximum absolute atomic E-state index is 13.9. The molecule has 10 atom stereocenters. The molecule has 23 nitrogen and oxygen atoms in total. The second-order valence-corrected chi connectivity index (χ2v) is 16.9. The number of rotatable bonds is 32. The number of aliphatic carboxylic acids is 3. The van der Waals surface area contributed by atoms with E-state index in [-0.39, 0.29) is 24.7 Å². The van der Waals surface area contributed by atoms with Crippen LogP contribution in [0.4, 0.5) is 0 Å². The van der Waals surface area contributed by atoms with Crippen molar-refractivity contribution in [2.24, 2.45) is 35.1 Å². The van der Waals surface area contributed by atoms with Crippen molar-refractivity contribution in [2.45, 2.75) is 162 Å². The molecule has 0 heterocycles. The molecule has 64 heavy (non-hydrogen) atoms. The smallest absolute Gasteiger partial charge is 0.326 e. The van der Waals surface area contributed by atoms with Gasteiger partial charge in [-0.25, -0.2) is 4.79 Å². The summed E-state index contributed by atoms with van der Waals surface area (Å²) in [5.41, 5.74) is 11.6. The lowest BCUT2D eigenvalue weighted by Gasteiger charge is -2.29. The van der Waals surface area contributed by atoms with Gasteiger partial charge in [-0.1, -0.05) is 68.2 Å². The van der Waals surface area contributed by atoms with Crippen LogP contribution in [0.3, 0.4) is 0 Å². The molecular formula is C41H73N9O14. The lowest BCUT2D eigenvalue weighted by atomic mass is 9.96. The van der Waals surface area contributed by atoms with Gasteiger partial charge in [-0.3, -0.25) is 43.2 Å². The Morgan fingerprint density at radius 3 is 1.31 bits per heavy atom. The molecule has 0 aliphatic carbocycles. The molecule has 0 unspecified atom stereocenters. The average Bonchev–Trinajstić information content (AvgIpc) is 3.20. The first kappa shape index (κ1) is 58.6. The molecule has 7 amide bonds. The summed E-state index contributed by atoms with van der Waals surface area (Å²) >= 11 is 0. The predicted molar refractivity (Wildman–Crippen MR) is 231 cm³/mol. The van der Waals surface area contributed by atoms with E-state index in [2.05, 4.69) is 37.2 Å². The molecule has 0 aliphatic heterocycles. The van der Waals surface area contributed by atoms with Gasteiger partial charge in [-0.15, -0.1) is 0 Å². The van der Waals surface area contributed by atoms with Crippen LogP contribution in [-0.2, 0) is 47.9 Å². The van der Waals surface area contributed by atoms with E-state index in [4.69, 9.17) is 11.5 Å². The maximum atomic E-state index is 13.9. The molecule has 0 saturated heterocycles. The number of aliphatic hydroxyl groups excluding tert-OH is 1. The standard InChI is InChI=1S/C41H73N9O14/c1-9-22(7)32(49-39(61)29(19-51)48-35(57)25(13-11-12-14-42)44-34(56)24(43)15-20(3)4)40(62)47-26(16-21(5)6)36(58)45-27(17-30(52)53)37(59)46-28(18-31(54)55)38(60)50-33(41(63)64)23(8)10-2/h20-29,32-33,51H,9-19,42-43H2,1-8H3,(H,44,56)(H,45,58)(H,46,59)(H,47,62)(H,48,57)(H,49,61)(H,50,60)(H,52,53)(H,54,55)(H,63,64)/t22-,23-,24-,25-,26-,27-,28-,29-,32-,33-/m0/s1. The second-order valence-electron chi connectivity index (χ2n) is 16.9. The third-order valence-electron chi connectivity index (χ3n) is 10.4. The minimum Gasteiger partial charge on any atom is -0.481 e. The zero-order valence-corrected chi connectivity index (χ0v) is 38.2. The largest absolute Gasteiger partial charge is 0.481 e. The highest BCUT2D eigenvalue weighted by molar-refractivity contribution is 5.99. The van der Waals surface area contributed by atoms with E-state index in [1.54, 1.807) is 34.6 Å². The average molecular weight is 916 g/mol. The fourth-order valence-corrected chi connectivity index (χ4v) is 6.29. The summed E-state index contributed by atoms with van der Waals surface area (Å²) in [6.07, 6.45) is -0.121. The second kappa shape index (κ2) is 29.9. The van der Waals surface area contributed by atoms with Crippen molar-refractivity contribution in [3.8, 4) is 0 Å². The number of amides is 7. The third-order valence-corrected chi connectivity index (χ3v) is 10.4. The number of nitrogens with two attached hydrogens (primary N) is 2. The Bertz CT molecular complexity index is 1600. The van der Waals surface area contributed by atoms with Gasteiger partial charge in [-0.05, 0) is 62.3 Å². The molecule has 0 aromatic rings. The molecule has 23 heteroatoms. The molecule has 0 aromatic heterocycles. The Morgan fingerprint density at radius 1 is 0.484 bits per heavy atom. The number of carboxylic acid groups (broad SMARTS) is 3. The van der Waals surface area contributed by atoms with Crippen LogP contribution in [0.1, 0.15) is 113 Å². The van der Waals surface area contributed by atoms with Crippen LogP contribution in [0.2, 0.25) is 0 Å². The zero-order chi connectivity index (χ0) is 49.4. The van der Waals surface area contributed by atoms with Crippen molar-refractivity contribution in [1.82, 2.24) is 37.2 Å². The summed E-state index contributed by atoms with van der Waals surface area (Å²) in [5, 5.41) is 55.4. The van der Waals surface area contributed by atoms with Crippen LogP contribution >= 0.6 is 0 Å². The van der Waals surface area contributed by atoms with Crippen LogP contribution in [0.25, 0.3) is 0 Å². The van der Waals surface area contributed by atoms with E-state index in [1.807, 2.05) is 13.8 Å². The van der Waals surface area contributed by atoms with Crippen molar-refractivity contribution < 1.29 is 68.4 Å². The number of carbonyl (C=O) groups is 10. The van der Waals surface area contributed by atoms with E-state index in [0.29, 0.717) is 38.6 Å². The Morgan fingerprint density at radius 2 is 0.875 bits per heavy atom. The van der Waals surface area contributed by atoms with Gasteiger partial charge >= 0.3 is 17.9 Å². The van der Waals surface area contributed by atoms with Gasteiger partial charge in [-0.2, -0.15) is 0 Å². The molecule has 0 radical (unpaired) electrons. The van der Waals surface area contributed by atoms with Crippen LogP contribution in [-0.4, -0.2) is 141 Å². The summed E-state index contributed by atoms with van der Waals surface area (Å²) < 4.78 is 0. The van der Waals surface area contributed by atoms with Crippen molar-refractivity contribution in [3.05, 3.63) is 0 Å². The lowest BCUT2D eigenvalue weighted by molar-refractivity contribution is -0.145. The van der Waals surface area contributed by atoms with E-state index < -0.39 is 139 Å². The first-order valence-corrected chi connectivity index (χ1v) is 21.7. The topological polar surface area (TPSA) is 388 Å². The van der Waals surface area contributed by atoms with Gasteiger partial charge in [0.15, 0.2) is 0 Å². The molecule has 0 spiro atoms. The highest BCUT2D eigenvalue weighted by atomic mass is 16.4. The number of carboxylic acids is 3. The summed E-state index contributed by atoms with van der Waals surface area (Å²) in [7, 11) is 0. The molecule has 0 rings (SSSR count). The van der Waals surface area contributed by atoms with E-state index in [0.717, 1.165) is 0 Å². The van der Waals surface area contributed by atoms with Crippen LogP contribution in [0.15, 0.2) is 0 Å². The third kappa shape index (κ3) is 21.8. The Kier molecular flexibility index (Phi) is 27.3. The minimum atomic E-state index is -1.93. The van der Waals surface area contributed by atoms with E-state index in [9.17, 15) is 68.4 Å². The number of nitrogens with one attached hydrogen (secondary N) is 7. The number of carbonyl (C=O) groups excluding carboxylic acids is 7. The molecule has 0 bridgehead atoms. The van der Waals surface area contributed by atoms with Crippen molar-refractivity contribution in [1.29, 1.82) is 0 Å². The molecule has 15 N–H and O–H groups in total. The number of unbranched alkanes of at least 4 members (excludes halogenated alkanes) is 1. The summed E-state index contributed by atoms with van der Waals surface area (Å²) in [6.45, 7) is 13.0. The predicted octanol–water partition coefficient (Wildman–Crippen LogP) is -1.95. The monoisotopic (exact) mass is 916 g/mol. The molecular weight excluding hydrogens is 842 g/mol.